The van der Waals surface area contributed by atoms with Crippen molar-refractivity contribution in [3.05, 3.63) is 65.5 Å². The van der Waals surface area contributed by atoms with Crippen LogP contribution in [0.3, 0.4) is 0 Å². The first-order valence-electron chi connectivity index (χ1n) is 13.4. The molecule has 7 nitrogen and oxygen atoms in total. The molecule has 2 N–H and O–H groups in total. The molecule has 2 bridgehead atoms. The van der Waals surface area contributed by atoms with Crippen molar-refractivity contribution in [3.8, 4) is 28.2 Å². The third-order valence-electron chi connectivity index (χ3n) is 8.18. The van der Waals surface area contributed by atoms with Crippen molar-refractivity contribution in [3.63, 3.8) is 0 Å². The summed E-state index contributed by atoms with van der Waals surface area (Å²) in [5.74, 6) is 0.468. The summed E-state index contributed by atoms with van der Waals surface area (Å²) in [7, 11) is 2.96. The lowest BCUT2D eigenvalue weighted by molar-refractivity contribution is -0.103. The first-order chi connectivity index (χ1) is 19.7. The van der Waals surface area contributed by atoms with E-state index < -0.39 is 24.7 Å². The average Bonchev–Trinajstić information content (AvgIpc) is 3.30. The molecule has 2 aromatic carbocycles. The highest BCUT2D eigenvalue weighted by Gasteiger charge is 2.57. The molecular weight excluding hydrogens is 535 g/mol. The van der Waals surface area contributed by atoms with Crippen LogP contribution >= 0.6 is 0 Å². The van der Waals surface area contributed by atoms with Crippen LogP contribution in [0.4, 0.5) is 19.0 Å². The molecule has 212 valence electrons. The molecule has 1 amide bonds. The lowest BCUT2D eigenvalue weighted by atomic mass is 9.43. The minimum absolute atomic E-state index is 0.0362. The van der Waals surface area contributed by atoms with Crippen LogP contribution in [0.15, 0.2) is 52.9 Å². The second-order valence-electron chi connectivity index (χ2n) is 10.9. The summed E-state index contributed by atoms with van der Waals surface area (Å²) in [5.41, 5.74) is 2.07. The van der Waals surface area contributed by atoms with Gasteiger partial charge >= 0.3 is 0 Å². The van der Waals surface area contributed by atoms with Crippen LogP contribution in [-0.4, -0.2) is 43.8 Å². The number of ether oxygens (including phenoxy) is 1. The van der Waals surface area contributed by atoms with Crippen LogP contribution in [0.25, 0.3) is 33.6 Å². The van der Waals surface area contributed by atoms with Gasteiger partial charge in [0.15, 0.2) is 5.78 Å². The minimum atomic E-state index is -2.66. The van der Waals surface area contributed by atoms with Gasteiger partial charge in [-0.05, 0) is 78.6 Å². The number of nitrogens with one attached hydrogen (secondary N) is 2. The SMILES string of the molecule is CNC(=O)c1c(-c2ccc(F)cc2)oc2nc(NCC(F)F)c(-c3ccc(OC)c(C(=O)CC45CC(C4)C5)c3)cc12. The number of hydrogen-bond donors (Lipinski definition) is 2. The number of furan rings is 1. The fourth-order valence-electron chi connectivity index (χ4n) is 6.11. The predicted molar refractivity (Wildman–Crippen MR) is 148 cm³/mol. The average molecular weight is 564 g/mol. The van der Waals surface area contributed by atoms with E-state index in [0.29, 0.717) is 39.8 Å². The Balaban J connectivity index is 1.50. The van der Waals surface area contributed by atoms with E-state index in [0.717, 1.165) is 25.2 Å². The molecule has 0 radical (unpaired) electrons. The number of halogens is 3. The van der Waals surface area contributed by atoms with Crippen LogP contribution in [-0.2, 0) is 0 Å². The van der Waals surface area contributed by atoms with Gasteiger partial charge in [-0.15, -0.1) is 0 Å². The summed E-state index contributed by atoms with van der Waals surface area (Å²) in [6.45, 7) is -0.676. The minimum Gasteiger partial charge on any atom is -0.496 e. The molecule has 3 aliphatic carbocycles. The first-order valence-corrected chi connectivity index (χ1v) is 13.4. The largest absolute Gasteiger partial charge is 0.496 e. The number of aromatic nitrogens is 1. The number of pyridine rings is 1. The zero-order chi connectivity index (χ0) is 28.9. The lowest BCUT2D eigenvalue weighted by Gasteiger charge is -2.62. The summed E-state index contributed by atoms with van der Waals surface area (Å²) >= 11 is 0. The van der Waals surface area contributed by atoms with Gasteiger partial charge in [-0.1, -0.05) is 6.07 Å². The summed E-state index contributed by atoms with van der Waals surface area (Å²) in [5, 5.41) is 5.60. The van der Waals surface area contributed by atoms with Gasteiger partial charge in [-0.25, -0.2) is 13.2 Å². The fourth-order valence-corrected chi connectivity index (χ4v) is 6.11. The number of Topliss-reactive ketones (excluding diaryl/α,β-unsaturated/α-hetero) is 1. The zero-order valence-corrected chi connectivity index (χ0v) is 22.5. The fraction of sp³-hybridized carbons (Fsp3) is 0.323. The quantitative estimate of drug-likeness (QED) is 0.208. The van der Waals surface area contributed by atoms with Gasteiger partial charge in [0.05, 0.1) is 30.2 Å². The number of hydrogen-bond acceptors (Lipinski definition) is 6. The normalized spacial score (nSPS) is 19.0. The molecule has 2 aromatic heterocycles. The van der Waals surface area contributed by atoms with Crippen LogP contribution in [0.5, 0.6) is 5.75 Å². The highest BCUT2D eigenvalue weighted by Crippen LogP contribution is 2.66. The first kappa shape index (κ1) is 26.9. The van der Waals surface area contributed by atoms with Crippen molar-refractivity contribution in [2.24, 2.45) is 11.3 Å². The Morgan fingerprint density at radius 3 is 2.41 bits per heavy atom. The van der Waals surface area contributed by atoms with Gasteiger partial charge in [-0.3, -0.25) is 9.59 Å². The number of rotatable bonds is 10. The Hall–Kier alpha value is -4.34. The molecule has 0 unspecified atom stereocenters. The molecule has 10 heteroatoms. The number of ketones is 1. The predicted octanol–water partition coefficient (Wildman–Crippen LogP) is 6.72. The Kier molecular flexibility index (Phi) is 6.71. The Morgan fingerprint density at radius 2 is 1.80 bits per heavy atom. The smallest absolute Gasteiger partial charge is 0.255 e. The zero-order valence-electron chi connectivity index (χ0n) is 22.5. The number of amides is 1. The number of anilines is 1. The summed E-state index contributed by atoms with van der Waals surface area (Å²) in [6, 6.07) is 12.1. The van der Waals surface area contributed by atoms with E-state index in [2.05, 4.69) is 15.6 Å². The number of carbonyl (C=O) groups is 2. The lowest BCUT2D eigenvalue weighted by Crippen LogP contribution is -2.52. The van der Waals surface area contributed by atoms with Crippen molar-refractivity contribution in [1.82, 2.24) is 10.3 Å². The highest BCUT2D eigenvalue weighted by molar-refractivity contribution is 6.12. The third-order valence-corrected chi connectivity index (χ3v) is 8.18. The second-order valence-corrected chi connectivity index (χ2v) is 10.9. The molecular formula is C31H28F3N3O4. The molecule has 2 heterocycles. The monoisotopic (exact) mass is 563 g/mol. The van der Waals surface area contributed by atoms with E-state index in [9.17, 15) is 22.8 Å². The van der Waals surface area contributed by atoms with Gasteiger partial charge in [-0.2, -0.15) is 4.98 Å². The van der Waals surface area contributed by atoms with Gasteiger partial charge in [0.2, 0.25) is 5.71 Å². The van der Waals surface area contributed by atoms with E-state index in [4.69, 9.17) is 9.15 Å². The number of alkyl halides is 2. The van der Waals surface area contributed by atoms with Gasteiger partial charge < -0.3 is 19.8 Å². The van der Waals surface area contributed by atoms with E-state index in [1.165, 1.54) is 38.4 Å². The molecule has 0 spiro atoms. The molecule has 0 saturated heterocycles. The number of benzene rings is 2. The van der Waals surface area contributed by atoms with Crippen molar-refractivity contribution in [2.75, 3.05) is 26.0 Å². The van der Waals surface area contributed by atoms with E-state index in [1.54, 1.807) is 24.3 Å². The highest BCUT2D eigenvalue weighted by atomic mass is 19.3. The Morgan fingerprint density at radius 1 is 1.10 bits per heavy atom. The number of fused-ring (bicyclic) bond motifs is 1. The van der Waals surface area contributed by atoms with E-state index in [-0.39, 0.29) is 34.1 Å². The van der Waals surface area contributed by atoms with Crippen molar-refractivity contribution in [1.29, 1.82) is 0 Å². The third kappa shape index (κ3) is 4.81. The Labute approximate surface area is 234 Å². The number of methoxy groups -OCH3 is 1. The summed E-state index contributed by atoms with van der Waals surface area (Å²) < 4.78 is 51.6. The summed E-state index contributed by atoms with van der Waals surface area (Å²) in [4.78, 5) is 30.9. The van der Waals surface area contributed by atoms with Crippen LogP contribution in [0.2, 0.25) is 0 Å². The Bertz CT molecular complexity index is 1650. The standard InChI is InChI=1S/C31H28F3N3O4/c1-35-29(39)26-22-10-20(18-5-8-24(40-2)21(9-18)23(38)14-31-11-16(12-31)13-31)28(36-15-25(33)34)37-30(22)41-27(26)17-3-6-19(32)7-4-17/h3-10,16,25H,11-15H2,1-2H3,(H,35,39)(H,36,37). The van der Waals surface area contributed by atoms with Gasteiger partial charge in [0.1, 0.15) is 23.1 Å². The maximum atomic E-state index is 13.6. The second kappa shape index (κ2) is 10.2. The molecule has 3 aliphatic rings. The molecule has 3 saturated carbocycles. The summed E-state index contributed by atoms with van der Waals surface area (Å²) in [6.07, 6.45) is 0.988. The molecule has 0 aliphatic heterocycles. The topological polar surface area (TPSA) is 93.5 Å². The molecule has 41 heavy (non-hydrogen) atoms. The van der Waals surface area contributed by atoms with Crippen molar-refractivity contribution in [2.45, 2.75) is 32.1 Å². The van der Waals surface area contributed by atoms with E-state index >= 15 is 0 Å². The van der Waals surface area contributed by atoms with Crippen LogP contribution < -0.4 is 15.4 Å². The maximum absolute atomic E-state index is 13.6. The van der Waals surface area contributed by atoms with Gasteiger partial charge in [0, 0.05) is 24.6 Å². The van der Waals surface area contributed by atoms with Crippen molar-refractivity contribution < 1.29 is 31.9 Å². The van der Waals surface area contributed by atoms with Crippen LogP contribution in [0, 0.1) is 17.2 Å². The molecule has 3 fully saturated rings. The van der Waals surface area contributed by atoms with Crippen molar-refractivity contribution >= 4 is 28.6 Å². The maximum Gasteiger partial charge on any atom is 0.255 e. The number of carbonyl (C=O) groups excluding carboxylic acids is 2. The molecule has 7 rings (SSSR count). The molecule has 4 aromatic rings. The van der Waals surface area contributed by atoms with Gasteiger partial charge in [0.25, 0.3) is 12.3 Å². The number of nitrogens with zero attached hydrogens (tertiary/aromatic N) is 1. The molecule has 0 atom stereocenters. The van der Waals surface area contributed by atoms with Crippen LogP contribution in [0.1, 0.15) is 46.4 Å². The van der Waals surface area contributed by atoms with E-state index in [1.807, 2.05) is 0 Å².